The van der Waals surface area contributed by atoms with Crippen molar-refractivity contribution in [3.05, 3.63) is 63.4 Å². The molecule has 2 aromatic carbocycles. The molecule has 1 atom stereocenters. The molecular weight excluding hydrogens is 436 g/mol. The average Bonchev–Trinajstić information content (AvgIpc) is 3.36. The number of aryl methyl sites for hydroxylation is 1. The lowest BCUT2D eigenvalue weighted by Crippen LogP contribution is -2.38. The summed E-state index contributed by atoms with van der Waals surface area (Å²) in [5, 5.41) is 0.923. The summed E-state index contributed by atoms with van der Waals surface area (Å²) < 4.78 is 22.0. The van der Waals surface area contributed by atoms with Crippen LogP contribution in [-0.2, 0) is 11.3 Å². The second-order valence-corrected chi connectivity index (χ2v) is 8.40. The van der Waals surface area contributed by atoms with E-state index >= 15 is 0 Å². The molecule has 34 heavy (non-hydrogen) atoms. The maximum Gasteiger partial charge on any atom is 0.254 e. The standard InChI is InChI=1S/C26H30N2O6/c1-16-7-5-8-17-11-19(25(29)27-23(16)17)14-28(15-20-9-6-10-34-20)26(30)18-12-21(31-2)24(33-4)22(13-18)32-3/h5,7-8,11-13,20H,6,9-10,14-15H2,1-4H3,(H,27,29). The van der Waals surface area contributed by atoms with Crippen LogP contribution in [0, 0.1) is 6.92 Å². The van der Waals surface area contributed by atoms with Crippen molar-refractivity contribution < 1.29 is 23.7 Å². The molecule has 2 heterocycles. The number of nitrogens with one attached hydrogen (secondary N) is 1. The molecule has 1 N–H and O–H groups in total. The molecule has 1 aromatic heterocycles. The Morgan fingerprint density at radius 1 is 1.12 bits per heavy atom. The predicted molar refractivity (Wildman–Crippen MR) is 129 cm³/mol. The van der Waals surface area contributed by atoms with Gasteiger partial charge in [0.1, 0.15) is 0 Å². The third kappa shape index (κ3) is 4.72. The van der Waals surface area contributed by atoms with E-state index in [1.54, 1.807) is 17.0 Å². The number of fused-ring (bicyclic) bond motifs is 1. The summed E-state index contributed by atoms with van der Waals surface area (Å²) in [5.74, 6) is 0.939. The topological polar surface area (TPSA) is 90.1 Å². The highest BCUT2D eigenvalue weighted by Gasteiger charge is 2.26. The van der Waals surface area contributed by atoms with Gasteiger partial charge < -0.3 is 28.8 Å². The Kier molecular flexibility index (Phi) is 7.07. The second kappa shape index (κ2) is 10.2. The lowest BCUT2D eigenvalue weighted by molar-refractivity contribution is 0.0506. The number of rotatable bonds is 8. The minimum absolute atomic E-state index is 0.0761. The van der Waals surface area contributed by atoms with E-state index in [4.69, 9.17) is 18.9 Å². The zero-order valence-corrected chi connectivity index (χ0v) is 20.0. The van der Waals surface area contributed by atoms with Gasteiger partial charge in [-0.25, -0.2) is 0 Å². The molecule has 0 radical (unpaired) electrons. The first-order chi connectivity index (χ1) is 16.4. The zero-order chi connectivity index (χ0) is 24.2. The molecule has 180 valence electrons. The molecule has 8 heteroatoms. The van der Waals surface area contributed by atoms with Crippen molar-refractivity contribution in [3.8, 4) is 17.2 Å². The number of amides is 1. The monoisotopic (exact) mass is 466 g/mol. The van der Waals surface area contributed by atoms with Crippen molar-refractivity contribution in [2.24, 2.45) is 0 Å². The summed E-state index contributed by atoms with van der Waals surface area (Å²) in [6.45, 7) is 3.15. The molecule has 3 aromatic rings. The van der Waals surface area contributed by atoms with Gasteiger partial charge in [-0.1, -0.05) is 18.2 Å². The minimum atomic E-state index is -0.251. The van der Waals surface area contributed by atoms with Gasteiger partial charge in [0.05, 0.1) is 39.5 Å². The number of aromatic amines is 1. The number of para-hydroxylation sites is 1. The molecule has 1 amide bonds. The lowest BCUT2D eigenvalue weighted by Gasteiger charge is -2.26. The number of H-pyrrole nitrogens is 1. The smallest absolute Gasteiger partial charge is 0.254 e. The fourth-order valence-electron chi connectivity index (χ4n) is 4.39. The molecule has 0 bridgehead atoms. The Labute approximate surface area is 198 Å². The van der Waals surface area contributed by atoms with E-state index in [1.165, 1.54) is 21.3 Å². The van der Waals surface area contributed by atoms with Gasteiger partial charge in [0.25, 0.3) is 11.5 Å². The van der Waals surface area contributed by atoms with Crippen LogP contribution in [0.4, 0.5) is 0 Å². The number of benzene rings is 2. The van der Waals surface area contributed by atoms with Gasteiger partial charge in [-0.2, -0.15) is 0 Å². The number of carbonyl (C=O) groups is 1. The zero-order valence-electron chi connectivity index (χ0n) is 20.0. The molecule has 1 aliphatic rings. The molecule has 0 saturated carbocycles. The predicted octanol–water partition coefficient (Wildman–Crippen LogP) is 3.68. The van der Waals surface area contributed by atoms with E-state index in [9.17, 15) is 9.59 Å². The molecule has 1 aliphatic heterocycles. The van der Waals surface area contributed by atoms with Crippen molar-refractivity contribution in [1.82, 2.24) is 9.88 Å². The Balaban J connectivity index is 1.72. The third-order valence-corrected chi connectivity index (χ3v) is 6.17. The SMILES string of the molecule is COc1cc(C(=O)N(Cc2cc3cccc(C)c3[nH]c2=O)CC2CCCO2)cc(OC)c1OC. The minimum Gasteiger partial charge on any atom is -0.493 e. The average molecular weight is 467 g/mol. The van der Waals surface area contributed by atoms with Crippen LogP contribution in [0.3, 0.4) is 0 Å². The summed E-state index contributed by atoms with van der Waals surface area (Å²) in [4.78, 5) is 31.3. The number of nitrogens with zero attached hydrogens (tertiary/aromatic N) is 1. The van der Waals surface area contributed by atoms with Crippen molar-refractivity contribution in [2.75, 3.05) is 34.5 Å². The van der Waals surface area contributed by atoms with Gasteiger partial charge in [0.2, 0.25) is 5.75 Å². The van der Waals surface area contributed by atoms with Crippen LogP contribution < -0.4 is 19.8 Å². The lowest BCUT2D eigenvalue weighted by atomic mass is 10.1. The van der Waals surface area contributed by atoms with Crippen molar-refractivity contribution in [1.29, 1.82) is 0 Å². The number of pyridine rings is 1. The van der Waals surface area contributed by atoms with Gasteiger partial charge >= 0.3 is 0 Å². The number of aromatic nitrogens is 1. The summed E-state index contributed by atoms with van der Waals surface area (Å²) in [5.41, 5.74) is 2.47. The molecule has 0 aliphatic carbocycles. The molecular formula is C26H30N2O6. The van der Waals surface area contributed by atoms with E-state index < -0.39 is 0 Å². The summed E-state index contributed by atoms with van der Waals surface area (Å²) in [7, 11) is 4.53. The number of methoxy groups -OCH3 is 3. The summed E-state index contributed by atoms with van der Waals surface area (Å²) >= 11 is 0. The maximum atomic E-state index is 13.7. The first-order valence-electron chi connectivity index (χ1n) is 11.3. The Morgan fingerprint density at radius 2 is 1.85 bits per heavy atom. The fraction of sp³-hybridized carbons (Fsp3) is 0.385. The van der Waals surface area contributed by atoms with E-state index in [1.807, 2.05) is 31.2 Å². The van der Waals surface area contributed by atoms with Crippen molar-refractivity contribution in [2.45, 2.75) is 32.4 Å². The molecule has 8 nitrogen and oxygen atoms in total. The summed E-state index contributed by atoms with van der Waals surface area (Å²) in [6, 6.07) is 11.0. The Bertz CT molecular complexity index is 1220. The van der Waals surface area contributed by atoms with Crippen LogP contribution in [0.2, 0.25) is 0 Å². The van der Waals surface area contributed by atoms with Crippen LogP contribution in [0.5, 0.6) is 17.2 Å². The Morgan fingerprint density at radius 3 is 2.47 bits per heavy atom. The highest BCUT2D eigenvalue weighted by molar-refractivity contribution is 5.95. The first kappa shape index (κ1) is 23.6. The second-order valence-electron chi connectivity index (χ2n) is 8.40. The maximum absolute atomic E-state index is 13.7. The van der Waals surface area contributed by atoms with Crippen LogP contribution in [0.1, 0.15) is 34.3 Å². The van der Waals surface area contributed by atoms with Crippen LogP contribution >= 0.6 is 0 Å². The van der Waals surface area contributed by atoms with Gasteiger partial charge in [0.15, 0.2) is 11.5 Å². The third-order valence-electron chi connectivity index (χ3n) is 6.17. The molecule has 1 fully saturated rings. The van der Waals surface area contributed by atoms with E-state index in [0.29, 0.717) is 41.5 Å². The number of hydrogen-bond acceptors (Lipinski definition) is 6. The van der Waals surface area contributed by atoms with Gasteiger partial charge in [-0.15, -0.1) is 0 Å². The number of hydrogen-bond donors (Lipinski definition) is 1. The van der Waals surface area contributed by atoms with Crippen molar-refractivity contribution >= 4 is 16.8 Å². The fourth-order valence-corrected chi connectivity index (χ4v) is 4.39. The van der Waals surface area contributed by atoms with E-state index in [2.05, 4.69) is 4.98 Å². The largest absolute Gasteiger partial charge is 0.493 e. The van der Waals surface area contributed by atoms with Crippen molar-refractivity contribution in [3.63, 3.8) is 0 Å². The highest BCUT2D eigenvalue weighted by Crippen LogP contribution is 2.38. The molecule has 4 rings (SSSR count). The van der Waals surface area contributed by atoms with Gasteiger partial charge in [-0.3, -0.25) is 9.59 Å². The van der Waals surface area contributed by atoms with Crippen LogP contribution in [0.15, 0.2) is 41.2 Å². The Hall–Kier alpha value is -3.52. The first-order valence-corrected chi connectivity index (χ1v) is 11.3. The van der Waals surface area contributed by atoms with E-state index in [0.717, 1.165) is 29.3 Å². The molecule has 1 unspecified atom stereocenters. The quantitative estimate of drug-likeness (QED) is 0.545. The van der Waals surface area contributed by atoms with Gasteiger partial charge in [-0.05, 0) is 48.9 Å². The summed E-state index contributed by atoms with van der Waals surface area (Å²) in [6.07, 6.45) is 1.74. The number of ether oxygens (including phenoxy) is 4. The van der Waals surface area contributed by atoms with E-state index in [-0.39, 0.29) is 24.1 Å². The van der Waals surface area contributed by atoms with Gasteiger partial charge in [0, 0.05) is 24.3 Å². The normalized spacial score (nSPS) is 15.4. The molecule has 0 spiro atoms. The van der Waals surface area contributed by atoms with Crippen LogP contribution in [-0.4, -0.2) is 56.4 Å². The van der Waals surface area contributed by atoms with Crippen LogP contribution in [0.25, 0.3) is 10.9 Å². The molecule has 1 saturated heterocycles. The highest BCUT2D eigenvalue weighted by atomic mass is 16.5. The number of carbonyl (C=O) groups excluding carboxylic acids is 1.